The van der Waals surface area contributed by atoms with Crippen LogP contribution in [0.5, 0.6) is 11.5 Å². The molecule has 0 N–H and O–H groups in total. The number of carbonyl (C=O) groups excluding carboxylic acids is 1. The molecule has 0 bridgehead atoms. The fraction of sp³-hybridized carbons (Fsp3) is 0.316. The maximum Gasteiger partial charge on any atom is 0.269 e. The van der Waals surface area contributed by atoms with Gasteiger partial charge in [-0.05, 0) is 49.1 Å². The third kappa shape index (κ3) is 3.46. The quantitative estimate of drug-likeness (QED) is 0.607. The summed E-state index contributed by atoms with van der Waals surface area (Å²) in [6.45, 7) is 2.49. The smallest absolute Gasteiger partial charge is 0.269 e. The molecule has 0 radical (unpaired) electrons. The molecule has 0 unspecified atom stereocenters. The number of fused-ring (bicyclic) bond motifs is 1. The zero-order valence-corrected chi connectivity index (χ0v) is 14.7. The summed E-state index contributed by atoms with van der Waals surface area (Å²) in [7, 11) is 1.59. The Morgan fingerprint density at radius 3 is 2.62 bits per heavy atom. The van der Waals surface area contributed by atoms with Crippen molar-refractivity contribution >= 4 is 17.3 Å². The van der Waals surface area contributed by atoms with Crippen molar-refractivity contribution in [3.63, 3.8) is 0 Å². The molecule has 1 heterocycles. The summed E-state index contributed by atoms with van der Waals surface area (Å²) in [5.41, 5.74) is 3.05. The maximum absolute atomic E-state index is 12.7. The van der Waals surface area contributed by atoms with Gasteiger partial charge < -0.3 is 14.4 Å². The van der Waals surface area contributed by atoms with E-state index >= 15 is 0 Å². The minimum atomic E-state index is -0.478. The number of non-ortho nitro benzene ring substituents is 1. The number of anilines is 1. The Kier molecular flexibility index (Phi) is 5.06. The summed E-state index contributed by atoms with van der Waals surface area (Å²) in [4.78, 5) is 24.6. The molecule has 0 fully saturated rings. The molecule has 136 valence electrons. The van der Waals surface area contributed by atoms with E-state index in [0.717, 1.165) is 29.7 Å². The number of methoxy groups -OCH3 is 1. The number of amides is 1. The van der Waals surface area contributed by atoms with Crippen LogP contribution in [0, 0.1) is 17.0 Å². The van der Waals surface area contributed by atoms with E-state index in [2.05, 4.69) is 0 Å². The van der Waals surface area contributed by atoms with Crippen LogP contribution < -0.4 is 14.4 Å². The van der Waals surface area contributed by atoms with Gasteiger partial charge in [0.25, 0.3) is 11.6 Å². The Hall–Kier alpha value is -3.09. The summed E-state index contributed by atoms with van der Waals surface area (Å²) in [5, 5.41) is 10.7. The third-order valence-electron chi connectivity index (χ3n) is 4.49. The number of nitro groups is 1. The van der Waals surface area contributed by atoms with Gasteiger partial charge in [0, 0.05) is 18.7 Å². The number of nitrogens with zero attached hydrogens (tertiary/aromatic N) is 2. The molecule has 0 saturated heterocycles. The van der Waals surface area contributed by atoms with Crippen molar-refractivity contribution in [3.8, 4) is 11.5 Å². The Morgan fingerprint density at radius 2 is 1.96 bits per heavy atom. The first-order valence-electron chi connectivity index (χ1n) is 8.35. The molecule has 0 aliphatic carbocycles. The van der Waals surface area contributed by atoms with Crippen LogP contribution >= 0.6 is 0 Å². The molecule has 0 aromatic heterocycles. The van der Waals surface area contributed by atoms with Crippen molar-refractivity contribution in [1.82, 2.24) is 0 Å². The Morgan fingerprint density at radius 1 is 1.23 bits per heavy atom. The van der Waals surface area contributed by atoms with Crippen LogP contribution in [-0.4, -0.2) is 31.1 Å². The van der Waals surface area contributed by atoms with Gasteiger partial charge in [0.05, 0.1) is 17.7 Å². The molecule has 0 atom stereocenters. The number of ether oxygens (including phenoxy) is 2. The number of hydrogen-bond acceptors (Lipinski definition) is 5. The van der Waals surface area contributed by atoms with Gasteiger partial charge >= 0.3 is 0 Å². The molecule has 7 heteroatoms. The largest absolute Gasteiger partial charge is 0.495 e. The monoisotopic (exact) mass is 356 g/mol. The fourth-order valence-electron chi connectivity index (χ4n) is 3.15. The van der Waals surface area contributed by atoms with E-state index in [9.17, 15) is 14.9 Å². The normalized spacial score (nSPS) is 13.1. The molecule has 1 amide bonds. The maximum atomic E-state index is 12.7. The first-order chi connectivity index (χ1) is 12.5. The highest BCUT2D eigenvalue weighted by molar-refractivity contribution is 5.97. The van der Waals surface area contributed by atoms with Gasteiger partial charge in [0.2, 0.25) is 0 Å². The molecule has 3 rings (SSSR count). The molecule has 2 aromatic rings. The van der Waals surface area contributed by atoms with Crippen molar-refractivity contribution < 1.29 is 19.2 Å². The minimum absolute atomic E-state index is 0.0196. The highest BCUT2D eigenvalue weighted by Gasteiger charge is 2.27. The van der Waals surface area contributed by atoms with Gasteiger partial charge in [-0.15, -0.1) is 0 Å². The van der Waals surface area contributed by atoms with E-state index in [1.165, 1.54) is 24.3 Å². The fourth-order valence-corrected chi connectivity index (χ4v) is 3.15. The first kappa shape index (κ1) is 17.7. The number of benzene rings is 2. The van der Waals surface area contributed by atoms with E-state index < -0.39 is 4.92 Å². The van der Waals surface area contributed by atoms with E-state index in [-0.39, 0.29) is 18.2 Å². The lowest BCUT2D eigenvalue weighted by molar-refractivity contribution is -0.384. The molecular formula is C19H20N2O5. The van der Waals surface area contributed by atoms with E-state index in [1.54, 1.807) is 12.0 Å². The van der Waals surface area contributed by atoms with Crippen LogP contribution in [0.3, 0.4) is 0 Å². The first-order valence-corrected chi connectivity index (χ1v) is 8.35. The van der Waals surface area contributed by atoms with Gasteiger partial charge in [0.15, 0.2) is 6.61 Å². The van der Waals surface area contributed by atoms with Crippen LogP contribution in [0.1, 0.15) is 17.5 Å². The lowest BCUT2D eigenvalue weighted by Gasteiger charge is -2.32. The van der Waals surface area contributed by atoms with Crippen LogP contribution in [-0.2, 0) is 11.2 Å². The van der Waals surface area contributed by atoms with Crippen LogP contribution in [0.4, 0.5) is 11.4 Å². The van der Waals surface area contributed by atoms with Gasteiger partial charge in [-0.1, -0.05) is 6.07 Å². The Balaban J connectivity index is 1.75. The average Bonchev–Trinajstić information content (AvgIpc) is 2.66. The van der Waals surface area contributed by atoms with E-state index in [1.807, 2.05) is 19.1 Å². The zero-order chi connectivity index (χ0) is 18.7. The number of aryl methyl sites for hydroxylation is 1. The molecular weight excluding hydrogens is 336 g/mol. The van der Waals surface area contributed by atoms with Gasteiger partial charge in [-0.3, -0.25) is 14.9 Å². The van der Waals surface area contributed by atoms with Crippen molar-refractivity contribution in [3.05, 3.63) is 57.6 Å². The van der Waals surface area contributed by atoms with Crippen molar-refractivity contribution in [2.45, 2.75) is 19.8 Å². The zero-order valence-electron chi connectivity index (χ0n) is 14.7. The SMILES string of the molecule is COc1ccc(C)c2c1N(C(=O)COc1ccc([N+](=O)[O-])cc1)CCC2. The van der Waals surface area contributed by atoms with Gasteiger partial charge in [-0.2, -0.15) is 0 Å². The predicted molar refractivity (Wildman–Crippen MR) is 97.0 cm³/mol. The summed E-state index contributed by atoms with van der Waals surface area (Å²) in [5.74, 6) is 0.916. The lowest BCUT2D eigenvalue weighted by Crippen LogP contribution is -2.39. The highest BCUT2D eigenvalue weighted by atomic mass is 16.6. The predicted octanol–water partition coefficient (Wildman–Crippen LogP) is 3.27. The van der Waals surface area contributed by atoms with Crippen LogP contribution in [0.25, 0.3) is 0 Å². The van der Waals surface area contributed by atoms with Crippen molar-refractivity contribution in [2.75, 3.05) is 25.2 Å². The standard InChI is InChI=1S/C19H20N2O5/c1-13-5-10-17(25-2)19-16(13)4-3-11-20(19)18(22)12-26-15-8-6-14(7-9-15)21(23)24/h5-10H,3-4,11-12H2,1-2H3. The summed E-state index contributed by atoms with van der Waals surface area (Å²) >= 11 is 0. The molecule has 26 heavy (non-hydrogen) atoms. The van der Waals surface area contributed by atoms with Crippen LogP contribution in [0.2, 0.25) is 0 Å². The summed E-state index contributed by atoms with van der Waals surface area (Å²) in [6, 6.07) is 9.54. The number of hydrogen-bond donors (Lipinski definition) is 0. The number of carbonyl (C=O) groups is 1. The highest BCUT2D eigenvalue weighted by Crippen LogP contribution is 2.38. The van der Waals surface area contributed by atoms with Gasteiger partial charge in [-0.25, -0.2) is 0 Å². The summed E-state index contributed by atoms with van der Waals surface area (Å²) in [6.07, 6.45) is 1.79. The summed E-state index contributed by atoms with van der Waals surface area (Å²) < 4.78 is 11.0. The van der Waals surface area contributed by atoms with Crippen LogP contribution in [0.15, 0.2) is 36.4 Å². The second-order valence-electron chi connectivity index (χ2n) is 6.10. The lowest BCUT2D eigenvalue weighted by atomic mass is 9.96. The van der Waals surface area contributed by atoms with Crippen molar-refractivity contribution in [2.24, 2.45) is 0 Å². The van der Waals surface area contributed by atoms with E-state index in [4.69, 9.17) is 9.47 Å². The molecule has 1 aliphatic rings. The molecule has 2 aromatic carbocycles. The Labute approximate surface area is 151 Å². The van der Waals surface area contributed by atoms with Crippen molar-refractivity contribution in [1.29, 1.82) is 0 Å². The third-order valence-corrected chi connectivity index (χ3v) is 4.49. The van der Waals surface area contributed by atoms with E-state index in [0.29, 0.717) is 18.0 Å². The minimum Gasteiger partial charge on any atom is -0.495 e. The van der Waals surface area contributed by atoms with Gasteiger partial charge in [0.1, 0.15) is 11.5 Å². The molecule has 0 saturated carbocycles. The Bertz CT molecular complexity index is 833. The molecule has 1 aliphatic heterocycles. The topological polar surface area (TPSA) is 81.9 Å². The molecule has 0 spiro atoms. The second-order valence-corrected chi connectivity index (χ2v) is 6.10. The number of nitro benzene ring substituents is 1. The second kappa shape index (κ2) is 7.43. The number of rotatable bonds is 5. The molecule has 7 nitrogen and oxygen atoms in total. The average molecular weight is 356 g/mol.